The molecule has 0 amide bonds. The van der Waals surface area contributed by atoms with Crippen LogP contribution in [0.2, 0.25) is 0 Å². The van der Waals surface area contributed by atoms with Crippen LogP contribution in [0.25, 0.3) is 0 Å². The number of hydrogen-bond donors (Lipinski definition) is 1. The van der Waals surface area contributed by atoms with E-state index in [1.54, 1.807) is 11.3 Å². The summed E-state index contributed by atoms with van der Waals surface area (Å²) < 4.78 is 5.21. The van der Waals surface area contributed by atoms with E-state index in [2.05, 4.69) is 36.3 Å². The van der Waals surface area contributed by atoms with Crippen molar-refractivity contribution in [2.75, 3.05) is 25.1 Å². The first kappa shape index (κ1) is 11.8. The lowest BCUT2D eigenvalue weighted by Gasteiger charge is -2.37. The second-order valence-electron chi connectivity index (χ2n) is 5.26. The van der Waals surface area contributed by atoms with Crippen LogP contribution >= 0.6 is 11.3 Å². The standard InChI is InChI=1S/C11H19N3OS/c1-8(2)4-9-13-14-10(16-9)12-5-11(3)6-15-7-11/h8H,4-7H2,1-3H3,(H,12,14). The molecule has 0 bridgehead atoms. The van der Waals surface area contributed by atoms with Gasteiger partial charge in [-0.15, -0.1) is 10.2 Å². The number of ether oxygens (including phenoxy) is 1. The molecule has 16 heavy (non-hydrogen) atoms. The summed E-state index contributed by atoms with van der Waals surface area (Å²) >= 11 is 1.66. The van der Waals surface area contributed by atoms with E-state index in [0.717, 1.165) is 36.3 Å². The lowest BCUT2D eigenvalue weighted by Crippen LogP contribution is -2.45. The number of nitrogens with zero attached hydrogens (tertiary/aromatic N) is 2. The highest BCUT2D eigenvalue weighted by atomic mass is 32.1. The van der Waals surface area contributed by atoms with Crippen molar-refractivity contribution in [2.24, 2.45) is 11.3 Å². The van der Waals surface area contributed by atoms with Crippen LogP contribution in [-0.2, 0) is 11.2 Å². The van der Waals surface area contributed by atoms with E-state index in [-0.39, 0.29) is 5.41 Å². The molecule has 0 aromatic carbocycles. The normalized spacial score (nSPS) is 18.5. The average molecular weight is 241 g/mol. The molecule has 1 aromatic heterocycles. The van der Waals surface area contributed by atoms with Crippen molar-refractivity contribution in [2.45, 2.75) is 27.2 Å². The van der Waals surface area contributed by atoms with Gasteiger partial charge < -0.3 is 10.1 Å². The van der Waals surface area contributed by atoms with E-state index in [4.69, 9.17) is 4.74 Å². The Morgan fingerprint density at radius 3 is 2.75 bits per heavy atom. The van der Waals surface area contributed by atoms with Crippen molar-refractivity contribution in [3.8, 4) is 0 Å². The third-order valence-electron chi connectivity index (χ3n) is 2.62. The van der Waals surface area contributed by atoms with E-state index in [1.165, 1.54) is 0 Å². The first-order valence-electron chi connectivity index (χ1n) is 5.71. The Bertz CT molecular complexity index is 347. The summed E-state index contributed by atoms with van der Waals surface area (Å²) in [5.74, 6) is 0.637. The molecule has 1 aromatic rings. The topological polar surface area (TPSA) is 47.0 Å². The average Bonchev–Trinajstić information content (AvgIpc) is 2.58. The smallest absolute Gasteiger partial charge is 0.205 e. The number of rotatable bonds is 5. The molecule has 0 aliphatic carbocycles. The van der Waals surface area contributed by atoms with Gasteiger partial charge in [0, 0.05) is 18.4 Å². The van der Waals surface area contributed by atoms with Crippen molar-refractivity contribution >= 4 is 16.5 Å². The molecule has 0 saturated carbocycles. The largest absolute Gasteiger partial charge is 0.380 e. The first-order valence-corrected chi connectivity index (χ1v) is 6.53. The zero-order chi connectivity index (χ0) is 11.6. The summed E-state index contributed by atoms with van der Waals surface area (Å²) in [6.45, 7) is 9.22. The zero-order valence-electron chi connectivity index (χ0n) is 10.1. The van der Waals surface area contributed by atoms with Gasteiger partial charge >= 0.3 is 0 Å². The van der Waals surface area contributed by atoms with Crippen molar-refractivity contribution < 1.29 is 4.74 Å². The van der Waals surface area contributed by atoms with Gasteiger partial charge in [-0.2, -0.15) is 0 Å². The Kier molecular flexibility index (Phi) is 3.44. The molecule has 0 atom stereocenters. The molecule has 0 radical (unpaired) electrons. The summed E-state index contributed by atoms with van der Waals surface area (Å²) in [4.78, 5) is 0. The third-order valence-corrected chi connectivity index (χ3v) is 3.52. The second kappa shape index (κ2) is 4.67. The fourth-order valence-electron chi connectivity index (χ4n) is 1.60. The molecule has 4 nitrogen and oxygen atoms in total. The Morgan fingerprint density at radius 1 is 1.44 bits per heavy atom. The monoisotopic (exact) mass is 241 g/mol. The molecule has 0 unspecified atom stereocenters. The molecule has 1 aliphatic heterocycles. The summed E-state index contributed by atoms with van der Waals surface area (Å²) in [7, 11) is 0. The quantitative estimate of drug-likeness (QED) is 0.858. The van der Waals surface area contributed by atoms with Crippen LogP contribution in [0, 0.1) is 11.3 Å². The van der Waals surface area contributed by atoms with Gasteiger partial charge in [-0.3, -0.25) is 0 Å². The van der Waals surface area contributed by atoms with Gasteiger partial charge in [0.1, 0.15) is 5.01 Å². The lowest BCUT2D eigenvalue weighted by molar-refractivity contribution is -0.0924. The second-order valence-corrected chi connectivity index (χ2v) is 6.32. The minimum Gasteiger partial charge on any atom is -0.380 e. The molecule has 0 spiro atoms. The molecule has 1 fully saturated rings. The van der Waals surface area contributed by atoms with Crippen molar-refractivity contribution in [1.82, 2.24) is 10.2 Å². The molecular weight excluding hydrogens is 222 g/mol. The van der Waals surface area contributed by atoms with Crippen molar-refractivity contribution in [1.29, 1.82) is 0 Å². The van der Waals surface area contributed by atoms with Gasteiger partial charge in [-0.1, -0.05) is 32.1 Å². The summed E-state index contributed by atoms with van der Waals surface area (Å²) in [6.07, 6.45) is 1.01. The minimum absolute atomic E-state index is 0.282. The molecule has 1 aliphatic rings. The van der Waals surface area contributed by atoms with Gasteiger partial charge in [0.2, 0.25) is 5.13 Å². The Morgan fingerprint density at radius 2 is 2.19 bits per heavy atom. The van der Waals surface area contributed by atoms with Gasteiger partial charge in [0.15, 0.2) is 0 Å². The molecule has 2 heterocycles. The molecule has 1 saturated heterocycles. The molecule has 90 valence electrons. The number of anilines is 1. The van der Waals surface area contributed by atoms with Crippen LogP contribution in [0.1, 0.15) is 25.8 Å². The van der Waals surface area contributed by atoms with Crippen LogP contribution in [0.3, 0.4) is 0 Å². The van der Waals surface area contributed by atoms with Crippen molar-refractivity contribution in [3.63, 3.8) is 0 Å². The third kappa shape index (κ3) is 2.92. The predicted octanol–water partition coefficient (Wildman–Crippen LogP) is 2.18. The minimum atomic E-state index is 0.282. The van der Waals surface area contributed by atoms with Crippen LogP contribution in [-0.4, -0.2) is 30.0 Å². The van der Waals surface area contributed by atoms with E-state index >= 15 is 0 Å². The first-order chi connectivity index (χ1) is 7.57. The lowest BCUT2D eigenvalue weighted by atomic mass is 9.89. The van der Waals surface area contributed by atoms with Gasteiger partial charge in [-0.25, -0.2) is 0 Å². The van der Waals surface area contributed by atoms with E-state index in [0.29, 0.717) is 5.92 Å². The Hall–Kier alpha value is -0.680. The number of nitrogens with one attached hydrogen (secondary N) is 1. The number of hydrogen-bond acceptors (Lipinski definition) is 5. The Balaban J connectivity index is 1.83. The highest BCUT2D eigenvalue weighted by molar-refractivity contribution is 7.15. The fraction of sp³-hybridized carbons (Fsp3) is 0.818. The summed E-state index contributed by atoms with van der Waals surface area (Å²) in [5.41, 5.74) is 0.282. The van der Waals surface area contributed by atoms with E-state index in [1.807, 2.05) is 0 Å². The SMILES string of the molecule is CC(C)Cc1nnc(NCC2(C)COC2)s1. The van der Waals surface area contributed by atoms with Gasteiger partial charge in [0.25, 0.3) is 0 Å². The van der Waals surface area contributed by atoms with Gasteiger partial charge in [-0.05, 0) is 5.92 Å². The maximum Gasteiger partial charge on any atom is 0.205 e. The molecule has 1 N–H and O–H groups in total. The molecule has 2 rings (SSSR count). The van der Waals surface area contributed by atoms with Crippen LogP contribution in [0.5, 0.6) is 0 Å². The number of aromatic nitrogens is 2. The van der Waals surface area contributed by atoms with Crippen LogP contribution in [0.4, 0.5) is 5.13 Å². The summed E-state index contributed by atoms with van der Waals surface area (Å²) in [5, 5.41) is 13.7. The van der Waals surface area contributed by atoms with E-state index in [9.17, 15) is 0 Å². The summed E-state index contributed by atoms with van der Waals surface area (Å²) in [6, 6.07) is 0. The zero-order valence-corrected chi connectivity index (χ0v) is 10.9. The van der Waals surface area contributed by atoms with E-state index < -0.39 is 0 Å². The van der Waals surface area contributed by atoms with Crippen molar-refractivity contribution in [3.05, 3.63) is 5.01 Å². The Labute approximate surface area is 100 Å². The highest BCUT2D eigenvalue weighted by Crippen LogP contribution is 2.27. The van der Waals surface area contributed by atoms with Crippen LogP contribution in [0.15, 0.2) is 0 Å². The molecular formula is C11H19N3OS. The van der Waals surface area contributed by atoms with Gasteiger partial charge in [0.05, 0.1) is 13.2 Å². The maximum absolute atomic E-state index is 5.21. The predicted molar refractivity (Wildman–Crippen MR) is 65.9 cm³/mol. The molecule has 5 heteroatoms. The maximum atomic E-state index is 5.21. The van der Waals surface area contributed by atoms with Crippen LogP contribution < -0.4 is 5.32 Å². The fourth-order valence-corrected chi connectivity index (χ4v) is 2.55. The highest BCUT2D eigenvalue weighted by Gasteiger charge is 2.33.